The quantitative estimate of drug-likeness (QED) is 0.704. The SMILES string of the molecule is CC(=O)Nc1nc(CCc2ccc(NC(=O)O)cc2)c(C=O)s1. The molecule has 0 aliphatic rings. The van der Waals surface area contributed by atoms with Gasteiger partial charge in [0.25, 0.3) is 0 Å². The van der Waals surface area contributed by atoms with Crippen LogP contribution in [0.15, 0.2) is 24.3 Å². The fraction of sp³-hybridized carbons (Fsp3) is 0.200. The fourth-order valence-electron chi connectivity index (χ4n) is 1.98. The standard InChI is InChI=1S/C15H15N3O4S/c1-9(20)16-14-18-12(13(8-19)23-14)7-4-10-2-5-11(6-3-10)17-15(21)22/h2-3,5-6,8,17H,4,7H2,1H3,(H,21,22)(H,16,18,20). The predicted octanol–water partition coefficient (Wildman–Crippen LogP) is 2.79. The average Bonchev–Trinajstić information content (AvgIpc) is 2.87. The van der Waals surface area contributed by atoms with E-state index in [4.69, 9.17) is 5.11 Å². The zero-order valence-electron chi connectivity index (χ0n) is 12.3. The van der Waals surface area contributed by atoms with Gasteiger partial charge in [-0.2, -0.15) is 0 Å². The molecule has 0 atom stereocenters. The van der Waals surface area contributed by atoms with Crippen molar-refractivity contribution in [3.05, 3.63) is 40.4 Å². The lowest BCUT2D eigenvalue weighted by Crippen LogP contribution is -2.07. The van der Waals surface area contributed by atoms with Crippen LogP contribution in [-0.2, 0) is 17.6 Å². The molecule has 0 spiro atoms. The van der Waals surface area contributed by atoms with Crippen molar-refractivity contribution >= 4 is 40.4 Å². The van der Waals surface area contributed by atoms with E-state index in [0.29, 0.717) is 34.2 Å². The van der Waals surface area contributed by atoms with Gasteiger partial charge in [0.05, 0.1) is 10.6 Å². The summed E-state index contributed by atoms with van der Waals surface area (Å²) in [6.45, 7) is 1.38. The van der Waals surface area contributed by atoms with Crippen LogP contribution in [0.25, 0.3) is 0 Å². The second-order valence-corrected chi connectivity index (χ2v) is 5.79. The topological polar surface area (TPSA) is 108 Å². The van der Waals surface area contributed by atoms with E-state index in [2.05, 4.69) is 15.6 Å². The van der Waals surface area contributed by atoms with E-state index >= 15 is 0 Å². The number of nitrogens with zero attached hydrogens (tertiary/aromatic N) is 1. The van der Waals surface area contributed by atoms with E-state index in [1.54, 1.807) is 12.1 Å². The molecule has 3 N–H and O–H groups in total. The predicted molar refractivity (Wildman–Crippen MR) is 87.3 cm³/mol. The highest BCUT2D eigenvalue weighted by atomic mass is 32.1. The van der Waals surface area contributed by atoms with Gasteiger partial charge in [0.1, 0.15) is 0 Å². The van der Waals surface area contributed by atoms with Gasteiger partial charge < -0.3 is 10.4 Å². The van der Waals surface area contributed by atoms with Gasteiger partial charge in [-0.15, -0.1) is 0 Å². The van der Waals surface area contributed by atoms with Crippen LogP contribution in [-0.4, -0.2) is 28.4 Å². The van der Waals surface area contributed by atoms with Gasteiger partial charge in [-0.3, -0.25) is 14.9 Å². The zero-order valence-corrected chi connectivity index (χ0v) is 13.1. The van der Waals surface area contributed by atoms with Gasteiger partial charge in [-0.1, -0.05) is 23.5 Å². The number of hydrogen-bond donors (Lipinski definition) is 3. The number of carbonyl (C=O) groups is 3. The maximum absolute atomic E-state index is 11.1. The van der Waals surface area contributed by atoms with Crippen molar-refractivity contribution in [2.75, 3.05) is 10.6 Å². The lowest BCUT2D eigenvalue weighted by Gasteiger charge is -2.03. The van der Waals surface area contributed by atoms with Crippen molar-refractivity contribution < 1.29 is 19.5 Å². The zero-order chi connectivity index (χ0) is 16.8. The van der Waals surface area contributed by atoms with Crippen LogP contribution < -0.4 is 10.6 Å². The lowest BCUT2D eigenvalue weighted by molar-refractivity contribution is -0.114. The van der Waals surface area contributed by atoms with Crippen LogP contribution in [0.2, 0.25) is 0 Å². The highest BCUT2D eigenvalue weighted by Crippen LogP contribution is 2.23. The molecule has 1 heterocycles. The first-order valence-electron chi connectivity index (χ1n) is 6.79. The third kappa shape index (κ3) is 4.89. The molecule has 8 heteroatoms. The van der Waals surface area contributed by atoms with Crippen LogP contribution in [0.1, 0.15) is 27.9 Å². The largest absolute Gasteiger partial charge is 0.465 e. The molecular weight excluding hydrogens is 318 g/mol. The Morgan fingerprint density at radius 3 is 2.48 bits per heavy atom. The molecule has 2 amide bonds. The molecule has 1 aromatic carbocycles. The number of hydrogen-bond acceptors (Lipinski definition) is 5. The summed E-state index contributed by atoms with van der Waals surface area (Å²) in [4.78, 5) is 37.4. The summed E-state index contributed by atoms with van der Waals surface area (Å²) in [5.41, 5.74) is 2.13. The Hall–Kier alpha value is -2.74. The van der Waals surface area contributed by atoms with Crippen molar-refractivity contribution in [3.63, 3.8) is 0 Å². The number of carboxylic acid groups (broad SMARTS) is 1. The number of carbonyl (C=O) groups excluding carboxylic acids is 2. The van der Waals surface area contributed by atoms with Gasteiger partial charge in [0, 0.05) is 12.6 Å². The molecule has 0 saturated heterocycles. The maximum Gasteiger partial charge on any atom is 0.409 e. The number of amides is 2. The lowest BCUT2D eigenvalue weighted by atomic mass is 10.1. The Kier molecular flexibility index (Phi) is 5.42. The van der Waals surface area contributed by atoms with Crippen molar-refractivity contribution in [3.8, 4) is 0 Å². The minimum absolute atomic E-state index is 0.232. The van der Waals surface area contributed by atoms with Crippen LogP contribution in [0, 0.1) is 0 Å². The minimum Gasteiger partial charge on any atom is -0.465 e. The third-order valence-corrected chi connectivity index (χ3v) is 3.91. The van der Waals surface area contributed by atoms with E-state index in [1.165, 1.54) is 6.92 Å². The molecule has 2 aromatic rings. The third-order valence-electron chi connectivity index (χ3n) is 2.97. The first-order valence-corrected chi connectivity index (χ1v) is 7.61. The monoisotopic (exact) mass is 333 g/mol. The van der Waals surface area contributed by atoms with Crippen molar-refractivity contribution in [1.82, 2.24) is 4.98 Å². The number of benzene rings is 1. The van der Waals surface area contributed by atoms with E-state index in [-0.39, 0.29) is 5.91 Å². The number of thiazole rings is 1. The van der Waals surface area contributed by atoms with Crippen molar-refractivity contribution in [2.24, 2.45) is 0 Å². The van der Waals surface area contributed by atoms with Crippen LogP contribution in [0.3, 0.4) is 0 Å². The summed E-state index contributed by atoms with van der Waals surface area (Å²) < 4.78 is 0. The number of rotatable bonds is 6. The van der Waals surface area contributed by atoms with E-state index < -0.39 is 6.09 Å². The summed E-state index contributed by atoms with van der Waals surface area (Å²) in [6, 6.07) is 6.97. The van der Waals surface area contributed by atoms with Crippen LogP contribution in [0.4, 0.5) is 15.6 Å². The molecule has 0 unspecified atom stereocenters. The molecule has 23 heavy (non-hydrogen) atoms. The minimum atomic E-state index is -1.11. The molecule has 2 rings (SSSR count). The highest BCUT2D eigenvalue weighted by Gasteiger charge is 2.11. The van der Waals surface area contributed by atoms with Crippen LogP contribution >= 0.6 is 11.3 Å². The van der Waals surface area contributed by atoms with Gasteiger partial charge in [-0.05, 0) is 30.5 Å². The second-order valence-electron chi connectivity index (χ2n) is 4.76. The van der Waals surface area contributed by atoms with E-state index in [0.717, 1.165) is 23.2 Å². The summed E-state index contributed by atoms with van der Waals surface area (Å²) in [7, 11) is 0. The summed E-state index contributed by atoms with van der Waals surface area (Å²) in [6.07, 6.45) is 0.826. The molecule has 0 bridgehead atoms. The van der Waals surface area contributed by atoms with E-state index in [9.17, 15) is 14.4 Å². The van der Waals surface area contributed by atoms with Gasteiger partial charge in [-0.25, -0.2) is 9.78 Å². The van der Waals surface area contributed by atoms with Gasteiger partial charge in [0.2, 0.25) is 5.91 Å². The summed E-state index contributed by atoms with van der Waals surface area (Å²) in [5, 5.41) is 13.9. The fourth-order valence-corrected chi connectivity index (χ4v) is 2.85. The Labute approximate surface area is 136 Å². The molecule has 120 valence electrons. The number of aromatic nitrogens is 1. The molecule has 1 aromatic heterocycles. The molecule has 7 nitrogen and oxygen atoms in total. The Morgan fingerprint density at radius 1 is 1.22 bits per heavy atom. The average molecular weight is 333 g/mol. The maximum atomic E-state index is 11.1. The molecule has 0 aliphatic carbocycles. The molecular formula is C15H15N3O4S. The number of anilines is 2. The number of nitrogens with one attached hydrogen (secondary N) is 2. The van der Waals surface area contributed by atoms with E-state index in [1.807, 2.05) is 12.1 Å². The first kappa shape index (κ1) is 16.6. The van der Waals surface area contributed by atoms with Crippen molar-refractivity contribution in [1.29, 1.82) is 0 Å². The smallest absolute Gasteiger partial charge is 0.409 e. The Morgan fingerprint density at radius 2 is 1.91 bits per heavy atom. The number of aldehydes is 1. The summed E-state index contributed by atoms with van der Waals surface area (Å²) >= 11 is 1.15. The molecule has 0 fully saturated rings. The van der Waals surface area contributed by atoms with Gasteiger partial charge in [0.15, 0.2) is 11.4 Å². The normalized spacial score (nSPS) is 10.1. The molecule has 0 aliphatic heterocycles. The highest BCUT2D eigenvalue weighted by molar-refractivity contribution is 7.17. The number of aryl methyl sites for hydroxylation is 2. The van der Waals surface area contributed by atoms with Crippen LogP contribution in [0.5, 0.6) is 0 Å². The summed E-state index contributed by atoms with van der Waals surface area (Å²) in [5.74, 6) is -0.232. The Bertz CT molecular complexity index is 725. The molecule has 0 saturated carbocycles. The van der Waals surface area contributed by atoms with Crippen molar-refractivity contribution in [2.45, 2.75) is 19.8 Å². The van der Waals surface area contributed by atoms with Gasteiger partial charge >= 0.3 is 6.09 Å². The molecule has 0 radical (unpaired) electrons. The Balaban J connectivity index is 2.02. The first-order chi connectivity index (χ1) is 11.0. The second kappa shape index (κ2) is 7.50.